The molecular formula is C10H12BrN3O. The molecule has 1 fully saturated rings. The highest BCUT2D eigenvalue weighted by atomic mass is 79.9. The van der Waals surface area contributed by atoms with Crippen molar-refractivity contribution in [2.45, 2.75) is 6.92 Å². The van der Waals surface area contributed by atoms with Crippen LogP contribution in [0.25, 0.3) is 0 Å². The third kappa shape index (κ3) is 2.28. The topological polar surface area (TPSA) is 45.2 Å². The molecule has 1 aromatic heterocycles. The van der Waals surface area contributed by atoms with Crippen molar-refractivity contribution in [1.29, 1.82) is 0 Å². The fraction of sp³-hybridized carbons (Fsp3) is 0.400. The normalized spacial score (nSPS) is 16.4. The Bertz CT molecular complexity index is 394. The molecule has 1 N–H and O–H groups in total. The Kier molecular flexibility index (Phi) is 2.90. The molecule has 4 nitrogen and oxygen atoms in total. The Balaban J connectivity index is 2.24. The summed E-state index contributed by atoms with van der Waals surface area (Å²) in [7, 11) is 0. The van der Waals surface area contributed by atoms with Gasteiger partial charge in [-0.25, -0.2) is 4.98 Å². The van der Waals surface area contributed by atoms with Gasteiger partial charge in [-0.2, -0.15) is 0 Å². The van der Waals surface area contributed by atoms with Crippen LogP contribution < -0.4 is 10.2 Å². The summed E-state index contributed by atoms with van der Waals surface area (Å²) in [5.41, 5.74) is 1.10. The summed E-state index contributed by atoms with van der Waals surface area (Å²) in [5, 5.41) is 2.79. The Morgan fingerprint density at radius 2 is 2.40 bits per heavy atom. The van der Waals surface area contributed by atoms with E-state index >= 15 is 0 Å². The lowest BCUT2D eigenvalue weighted by atomic mass is 10.3. The maximum atomic E-state index is 11.2. The van der Waals surface area contributed by atoms with Gasteiger partial charge >= 0.3 is 0 Å². The van der Waals surface area contributed by atoms with Crippen molar-refractivity contribution in [3.8, 4) is 0 Å². The number of amides is 1. The molecule has 0 atom stereocenters. The van der Waals surface area contributed by atoms with Crippen molar-refractivity contribution in [3.05, 3.63) is 22.3 Å². The molecule has 2 heterocycles. The summed E-state index contributed by atoms with van der Waals surface area (Å²) in [6, 6.07) is 2.01. The number of pyridine rings is 1. The molecule has 0 aliphatic carbocycles. The van der Waals surface area contributed by atoms with Crippen LogP contribution in [0.1, 0.15) is 5.56 Å². The lowest BCUT2D eigenvalue weighted by molar-refractivity contribution is -0.120. The lowest BCUT2D eigenvalue weighted by Crippen LogP contribution is -2.48. The van der Waals surface area contributed by atoms with Crippen molar-refractivity contribution < 1.29 is 4.79 Å². The van der Waals surface area contributed by atoms with E-state index in [-0.39, 0.29) is 5.91 Å². The third-order valence-electron chi connectivity index (χ3n) is 2.30. The van der Waals surface area contributed by atoms with Gasteiger partial charge in [0.25, 0.3) is 0 Å². The van der Waals surface area contributed by atoms with Gasteiger partial charge in [0.2, 0.25) is 5.91 Å². The number of nitrogens with one attached hydrogen (secondary N) is 1. The van der Waals surface area contributed by atoms with Gasteiger partial charge in [-0.05, 0) is 34.5 Å². The smallest absolute Gasteiger partial charge is 0.239 e. The monoisotopic (exact) mass is 269 g/mol. The minimum Gasteiger partial charge on any atom is -0.353 e. The molecule has 2 rings (SSSR count). The molecule has 1 aliphatic rings. The lowest BCUT2D eigenvalue weighted by Gasteiger charge is -2.28. The third-order valence-corrected chi connectivity index (χ3v) is 2.88. The van der Waals surface area contributed by atoms with Crippen LogP contribution in [0.4, 0.5) is 5.82 Å². The first-order valence-corrected chi connectivity index (χ1v) is 5.60. The van der Waals surface area contributed by atoms with Crippen molar-refractivity contribution in [3.63, 3.8) is 0 Å². The Morgan fingerprint density at radius 3 is 3.07 bits per heavy atom. The van der Waals surface area contributed by atoms with Crippen LogP contribution >= 0.6 is 15.9 Å². The van der Waals surface area contributed by atoms with Gasteiger partial charge in [-0.1, -0.05) is 0 Å². The molecule has 0 aromatic carbocycles. The summed E-state index contributed by atoms with van der Waals surface area (Å²) in [4.78, 5) is 17.5. The number of anilines is 1. The van der Waals surface area contributed by atoms with E-state index in [1.165, 1.54) is 0 Å². The van der Waals surface area contributed by atoms with Crippen molar-refractivity contribution in [2.24, 2.45) is 0 Å². The Labute approximate surface area is 96.8 Å². The molecule has 1 aromatic rings. The first kappa shape index (κ1) is 10.4. The fourth-order valence-electron chi connectivity index (χ4n) is 1.58. The molecule has 1 aliphatic heterocycles. The van der Waals surface area contributed by atoms with Crippen LogP contribution in [-0.2, 0) is 4.79 Å². The number of carbonyl (C=O) groups excluding carboxylic acids is 1. The SMILES string of the molecule is Cc1cnc(N2CCNC(=O)C2)c(Br)c1. The molecule has 0 saturated carbocycles. The van der Waals surface area contributed by atoms with Gasteiger partial charge in [-0.15, -0.1) is 0 Å². The summed E-state index contributed by atoms with van der Waals surface area (Å²) in [6.07, 6.45) is 1.81. The first-order chi connectivity index (χ1) is 7.16. The van der Waals surface area contributed by atoms with Gasteiger partial charge in [0, 0.05) is 19.3 Å². The molecule has 0 unspecified atom stereocenters. The van der Waals surface area contributed by atoms with Crippen LogP contribution in [0.2, 0.25) is 0 Å². The van der Waals surface area contributed by atoms with Crippen LogP contribution in [0, 0.1) is 6.92 Å². The van der Waals surface area contributed by atoms with Gasteiger partial charge < -0.3 is 10.2 Å². The molecule has 0 bridgehead atoms. The Hall–Kier alpha value is -1.10. The Morgan fingerprint density at radius 1 is 1.60 bits per heavy atom. The number of aromatic nitrogens is 1. The molecule has 1 saturated heterocycles. The summed E-state index contributed by atoms with van der Waals surface area (Å²) >= 11 is 3.47. The highest BCUT2D eigenvalue weighted by molar-refractivity contribution is 9.10. The number of hydrogen-bond donors (Lipinski definition) is 1. The van der Waals surface area contributed by atoms with E-state index in [9.17, 15) is 4.79 Å². The highest BCUT2D eigenvalue weighted by Gasteiger charge is 2.19. The zero-order chi connectivity index (χ0) is 10.8. The minimum atomic E-state index is 0.0514. The average molecular weight is 270 g/mol. The zero-order valence-corrected chi connectivity index (χ0v) is 10.0. The zero-order valence-electron chi connectivity index (χ0n) is 8.46. The maximum Gasteiger partial charge on any atom is 0.239 e. The summed E-state index contributed by atoms with van der Waals surface area (Å²) in [6.45, 7) is 3.86. The average Bonchev–Trinajstić information content (AvgIpc) is 2.17. The van der Waals surface area contributed by atoms with Gasteiger partial charge in [0.05, 0.1) is 11.0 Å². The van der Waals surface area contributed by atoms with Crippen LogP contribution in [0.15, 0.2) is 16.7 Å². The van der Waals surface area contributed by atoms with E-state index in [0.717, 1.165) is 22.4 Å². The predicted octanol–water partition coefficient (Wildman–Crippen LogP) is 1.09. The van der Waals surface area contributed by atoms with E-state index in [2.05, 4.69) is 26.2 Å². The standard InChI is InChI=1S/C10H12BrN3O/c1-7-4-8(11)10(13-5-7)14-3-2-12-9(15)6-14/h4-5H,2-3,6H2,1H3,(H,12,15). The van der Waals surface area contributed by atoms with E-state index in [1.54, 1.807) is 0 Å². The second-order valence-corrected chi connectivity index (χ2v) is 4.44. The van der Waals surface area contributed by atoms with Gasteiger partial charge in [0.15, 0.2) is 0 Å². The van der Waals surface area contributed by atoms with Crippen molar-refractivity contribution in [1.82, 2.24) is 10.3 Å². The quantitative estimate of drug-likeness (QED) is 0.830. The van der Waals surface area contributed by atoms with E-state index in [4.69, 9.17) is 0 Å². The number of nitrogens with zero attached hydrogens (tertiary/aromatic N) is 2. The number of rotatable bonds is 1. The number of carbonyl (C=O) groups is 1. The molecule has 0 spiro atoms. The number of piperazine rings is 1. The fourth-order valence-corrected chi connectivity index (χ4v) is 2.29. The molecule has 0 radical (unpaired) electrons. The molecule has 80 valence electrons. The largest absolute Gasteiger partial charge is 0.353 e. The molecule has 1 amide bonds. The van der Waals surface area contributed by atoms with Crippen LogP contribution in [-0.4, -0.2) is 30.5 Å². The number of hydrogen-bond acceptors (Lipinski definition) is 3. The summed E-state index contributed by atoms with van der Waals surface area (Å²) < 4.78 is 0.942. The van der Waals surface area contributed by atoms with Crippen LogP contribution in [0.3, 0.4) is 0 Å². The van der Waals surface area contributed by atoms with E-state index < -0.39 is 0 Å². The predicted molar refractivity (Wildman–Crippen MR) is 61.9 cm³/mol. The van der Waals surface area contributed by atoms with Gasteiger partial charge in [-0.3, -0.25) is 4.79 Å². The maximum absolute atomic E-state index is 11.2. The van der Waals surface area contributed by atoms with Crippen molar-refractivity contribution in [2.75, 3.05) is 24.5 Å². The van der Waals surface area contributed by atoms with E-state index in [1.807, 2.05) is 24.1 Å². The van der Waals surface area contributed by atoms with Gasteiger partial charge in [0.1, 0.15) is 5.82 Å². The second kappa shape index (κ2) is 4.18. The number of halogens is 1. The first-order valence-electron chi connectivity index (χ1n) is 4.80. The minimum absolute atomic E-state index is 0.0514. The molecular weight excluding hydrogens is 258 g/mol. The molecule has 5 heteroatoms. The van der Waals surface area contributed by atoms with Crippen molar-refractivity contribution >= 4 is 27.7 Å². The highest BCUT2D eigenvalue weighted by Crippen LogP contribution is 2.24. The second-order valence-electron chi connectivity index (χ2n) is 3.59. The number of aryl methyl sites for hydroxylation is 1. The van der Waals surface area contributed by atoms with E-state index in [0.29, 0.717) is 13.1 Å². The molecule has 15 heavy (non-hydrogen) atoms. The summed E-state index contributed by atoms with van der Waals surface area (Å²) in [5.74, 6) is 0.894. The van der Waals surface area contributed by atoms with Crippen LogP contribution in [0.5, 0.6) is 0 Å².